The Balaban J connectivity index is 1.42. The predicted molar refractivity (Wildman–Crippen MR) is 132 cm³/mol. The number of sulfonamides is 1. The summed E-state index contributed by atoms with van der Waals surface area (Å²) in [5.74, 6) is -0.294. The van der Waals surface area contributed by atoms with E-state index < -0.39 is 28.0 Å². The fourth-order valence-electron chi connectivity index (χ4n) is 3.39. The third kappa shape index (κ3) is 5.75. The first-order valence-electron chi connectivity index (χ1n) is 10.4. The van der Waals surface area contributed by atoms with Gasteiger partial charge in [-0.05, 0) is 60.7 Å². The molecule has 1 amide bonds. The average molecular weight is 561 g/mol. The van der Waals surface area contributed by atoms with Gasteiger partial charge < -0.3 is 19.1 Å². The van der Waals surface area contributed by atoms with Crippen molar-refractivity contribution in [3.63, 3.8) is 0 Å². The highest BCUT2D eigenvalue weighted by Crippen LogP contribution is 2.33. The van der Waals surface area contributed by atoms with Crippen molar-refractivity contribution in [2.45, 2.75) is 11.0 Å². The van der Waals surface area contributed by atoms with Crippen molar-refractivity contribution < 1.29 is 32.2 Å². The van der Waals surface area contributed by atoms with Crippen LogP contribution in [0.25, 0.3) is 0 Å². The SMILES string of the molecule is COC(=O)[C@@H]1CN(C(=O)COc2ccc(S(=O)(=O)Nc3ccc(Br)cc3)cc2)c2ccccc2O1. The molecule has 0 aliphatic carbocycles. The van der Waals surface area contributed by atoms with Crippen molar-refractivity contribution in [1.82, 2.24) is 0 Å². The van der Waals surface area contributed by atoms with Crippen LogP contribution in [-0.2, 0) is 24.3 Å². The second kappa shape index (κ2) is 10.4. The number of methoxy groups -OCH3 is 1. The molecule has 0 radical (unpaired) electrons. The minimum atomic E-state index is -3.80. The van der Waals surface area contributed by atoms with Crippen LogP contribution in [0.2, 0.25) is 0 Å². The molecule has 35 heavy (non-hydrogen) atoms. The van der Waals surface area contributed by atoms with Crippen LogP contribution in [0.3, 0.4) is 0 Å². The molecular formula is C24H21BrN2O7S. The molecular weight excluding hydrogens is 540 g/mol. The van der Waals surface area contributed by atoms with E-state index in [0.717, 1.165) is 4.47 Å². The molecule has 3 aromatic carbocycles. The van der Waals surface area contributed by atoms with Gasteiger partial charge in [0.25, 0.3) is 15.9 Å². The molecule has 182 valence electrons. The molecule has 0 bridgehead atoms. The summed E-state index contributed by atoms with van der Waals surface area (Å²) in [6, 6.07) is 19.3. The first-order valence-corrected chi connectivity index (χ1v) is 12.7. The number of ether oxygens (including phenoxy) is 3. The van der Waals surface area contributed by atoms with E-state index in [-0.39, 0.29) is 18.0 Å². The van der Waals surface area contributed by atoms with Crippen LogP contribution in [0.1, 0.15) is 0 Å². The molecule has 1 atom stereocenters. The molecule has 1 N–H and O–H groups in total. The number of amides is 1. The zero-order valence-corrected chi connectivity index (χ0v) is 20.9. The van der Waals surface area contributed by atoms with E-state index in [1.165, 1.54) is 36.3 Å². The smallest absolute Gasteiger partial charge is 0.348 e. The van der Waals surface area contributed by atoms with Gasteiger partial charge in [0, 0.05) is 10.2 Å². The highest BCUT2D eigenvalue weighted by atomic mass is 79.9. The maximum absolute atomic E-state index is 12.9. The second-order valence-corrected chi connectivity index (χ2v) is 10.1. The van der Waals surface area contributed by atoms with Crippen LogP contribution in [0.5, 0.6) is 11.5 Å². The van der Waals surface area contributed by atoms with Crippen molar-refractivity contribution in [3.05, 3.63) is 77.3 Å². The van der Waals surface area contributed by atoms with Crippen LogP contribution in [-0.4, -0.2) is 46.7 Å². The van der Waals surface area contributed by atoms with Crippen molar-refractivity contribution in [2.75, 3.05) is 29.9 Å². The van der Waals surface area contributed by atoms with Crippen LogP contribution in [0.4, 0.5) is 11.4 Å². The quantitative estimate of drug-likeness (QED) is 0.439. The van der Waals surface area contributed by atoms with Gasteiger partial charge in [-0.25, -0.2) is 13.2 Å². The maximum Gasteiger partial charge on any atom is 0.348 e. The van der Waals surface area contributed by atoms with Gasteiger partial charge in [-0.15, -0.1) is 0 Å². The predicted octanol–water partition coefficient (Wildman–Crippen LogP) is 3.60. The third-order valence-electron chi connectivity index (χ3n) is 5.13. The summed E-state index contributed by atoms with van der Waals surface area (Å²) in [7, 11) is -2.55. The summed E-state index contributed by atoms with van der Waals surface area (Å²) in [4.78, 5) is 26.4. The first kappa shape index (κ1) is 24.6. The monoisotopic (exact) mass is 560 g/mol. The summed E-state index contributed by atoms with van der Waals surface area (Å²) in [6.45, 7) is -0.351. The van der Waals surface area contributed by atoms with Gasteiger partial charge >= 0.3 is 5.97 Å². The van der Waals surface area contributed by atoms with Crippen molar-refractivity contribution >= 4 is 49.2 Å². The minimum Gasteiger partial charge on any atom is -0.484 e. The molecule has 0 unspecified atom stereocenters. The van der Waals surface area contributed by atoms with Gasteiger partial charge in [0.15, 0.2) is 6.61 Å². The Labute approximate surface area is 210 Å². The number of fused-ring (bicyclic) bond motifs is 1. The molecule has 11 heteroatoms. The van der Waals surface area contributed by atoms with E-state index in [1.54, 1.807) is 48.5 Å². The third-order valence-corrected chi connectivity index (χ3v) is 7.06. The number of benzene rings is 3. The Morgan fingerprint density at radius 1 is 1.06 bits per heavy atom. The molecule has 0 fully saturated rings. The zero-order chi connectivity index (χ0) is 25.0. The number of esters is 1. The van der Waals surface area contributed by atoms with Crippen molar-refractivity contribution in [3.8, 4) is 11.5 Å². The van der Waals surface area contributed by atoms with Crippen molar-refractivity contribution in [2.24, 2.45) is 0 Å². The standard InChI is InChI=1S/C24H21BrN2O7S/c1-32-24(29)22-14-27(20-4-2-3-5-21(20)34-22)23(28)15-33-18-10-12-19(13-11-18)35(30,31)26-17-8-6-16(25)7-9-17/h2-13,22,26H,14-15H2,1H3/t22-/m0/s1. The highest BCUT2D eigenvalue weighted by Gasteiger charge is 2.34. The molecule has 1 aliphatic rings. The molecule has 4 rings (SSSR count). The van der Waals surface area contributed by atoms with E-state index in [4.69, 9.17) is 14.2 Å². The van der Waals surface area contributed by atoms with E-state index in [1.807, 2.05) is 0 Å². The maximum atomic E-state index is 12.9. The molecule has 0 spiro atoms. The normalized spacial score (nSPS) is 14.9. The van der Waals surface area contributed by atoms with Gasteiger partial charge in [0.05, 0.1) is 24.2 Å². The van der Waals surface area contributed by atoms with Gasteiger partial charge in [-0.1, -0.05) is 28.1 Å². The fourth-order valence-corrected chi connectivity index (χ4v) is 4.72. The summed E-state index contributed by atoms with van der Waals surface area (Å²) < 4.78 is 44.6. The van der Waals surface area contributed by atoms with E-state index in [0.29, 0.717) is 22.9 Å². The minimum absolute atomic E-state index is 0.0230. The molecule has 0 saturated carbocycles. The molecule has 3 aromatic rings. The number of para-hydroxylation sites is 2. The fraction of sp³-hybridized carbons (Fsp3) is 0.167. The van der Waals surface area contributed by atoms with Gasteiger partial charge in [0.2, 0.25) is 6.10 Å². The lowest BCUT2D eigenvalue weighted by molar-refractivity contribution is -0.148. The van der Waals surface area contributed by atoms with Crippen LogP contribution >= 0.6 is 15.9 Å². The average Bonchev–Trinajstić information content (AvgIpc) is 2.87. The Kier molecular flexibility index (Phi) is 7.27. The Hall–Kier alpha value is -3.57. The topological polar surface area (TPSA) is 111 Å². The molecule has 1 heterocycles. The largest absolute Gasteiger partial charge is 0.484 e. The van der Waals surface area contributed by atoms with Gasteiger partial charge in [-0.3, -0.25) is 9.52 Å². The summed E-state index contributed by atoms with van der Waals surface area (Å²) in [6.07, 6.45) is -0.957. The number of hydrogen-bond donors (Lipinski definition) is 1. The highest BCUT2D eigenvalue weighted by molar-refractivity contribution is 9.10. The van der Waals surface area contributed by atoms with E-state index in [9.17, 15) is 18.0 Å². The number of halogens is 1. The zero-order valence-electron chi connectivity index (χ0n) is 18.5. The van der Waals surface area contributed by atoms with E-state index in [2.05, 4.69) is 20.7 Å². The number of rotatable bonds is 7. The second-order valence-electron chi connectivity index (χ2n) is 7.47. The van der Waals surface area contributed by atoms with Crippen LogP contribution in [0, 0.1) is 0 Å². The number of carbonyl (C=O) groups is 2. The molecule has 1 aliphatic heterocycles. The van der Waals surface area contributed by atoms with Crippen LogP contribution in [0.15, 0.2) is 82.2 Å². The number of anilines is 2. The lowest BCUT2D eigenvalue weighted by Crippen LogP contribution is -2.48. The Bertz CT molecular complexity index is 1330. The lowest BCUT2D eigenvalue weighted by Gasteiger charge is -2.33. The Morgan fingerprint density at radius 3 is 2.43 bits per heavy atom. The number of nitrogens with one attached hydrogen (secondary N) is 1. The van der Waals surface area contributed by atoms with E-state index >= 15 is 0 Å². The molecule has 9 nitrogen and oxygen atoms in total. The van der Waals surface area contributed by atoms with Crippen molar-refractivity contribution in [1.29, 1.82) is 0 Å². The summed E-state index contributed by atoms with van der Waals surface area (Å²) in [5.41, 5.74) is 0.942. The lowest BCUT2D eigenvalue weighted by atomic mass is 10.2. The summed E-state index contributed by atoms with van der Waals surface area (Å²) in [5, 5.41) is 0. The number of hydrogen-bond acceptors (Lipinski definition) is 7. The first-order chi connectivity index (χ1) is 16.8. The molecule has 0 saturated heterocycles. The number of carbonyl (C=O) groups excluding carboxylic acids is 2. The summed E-state index contributed by atoms with van der Waals surface area (Å²) >= 11 is 3.30. The molecule has 0 aromatic heterocycles. The number of nitrogens with zero attached hydrogens (tertiary/aromatic N) is 1. The van der Waals surface area contributed by atoms with Gasteiger partial charge in [0.1, 0.15) is 11.5 Å². The Morgan fingerprint density at radius 2 is 1.74 bits per heavy atom. The van der Waals surface area contributed by atoms with Gasteiger partial charge in [-0.2, -0.15) is 0 Å². The van der Waals surface area contributed by atoms with Crippen LogP contribution < -0.4 is 19.1 Å².